The van der Waals surface area contributed by atoms with Crippen molar-refractivity contribution in [3.05, 3.63) is 47.5 Å². The number of hydrogen-bond donors (Lipinski definition) is 1. The minimum absolute atomic E-state index is 0.0173. The number of rotatable bonds is 4. The summed E-state index contributed by atoms with van der Waals surface area (Å²) in [4.78, 5) is 0. The van der Waals surface area contributed by atoms with E-state index in [-0.39, 0.29) is 22.7 Å². The van der Waals surface area contributed by atoms with Crippen LogP contribution in [0.25, 0.3) is 0 Å². The van der Waals surface area contributed by atoms with Gasteiger partial charge in [0, 0.05) is 11.8 Å². The van der Waals surface area contributed by atoms with Crippen molar-refractivity contribution >= 4 is 5.69 Å². The number of methoxy groups -OCH3 is 1. The molecule has 0 aliphatic heterocycles. The van der Waals surface area contributed by atoms with Crippen molar-refractivity contribution < 1.29 is 18.3 Å². The van der Waals surface area contributed by atoms with Crippen molar-refractivity contribution in [3.63, 3.8) is 0 Å². The lowest BCUT2D eigenvalue weighted by Gasteiger charge is -2.12. The van der Waals surface area contributed by atoms with Crippen LogP contribution in [0, 0.1) is 11.3 Å². The second-order valence-electron chi connectivity index (χ2n) is 4.21. The van der Waals surface area contributed by atoms with E-state index in [4.69, 9.17) is 20.5 Å². The minimum Gasteiger partial charge on any atom is -0.497 e. The highest BCUT2D eigenvalue weighted by molar-refractivity contribution is 5.51. The van der Waals surface area contributed by atoms with Gasteiger partial charge >= 0.3 is 0 Å². The minimum atomic E-state index is -2.72. The smallest absolute Gasteiger partial charge is 0.267 e. The Bertz CT molecular complexity index is 697. The highest BCUT2D eigenvalue weighted by atomic mass is 19.3. The molecule has 108 valence electrons. The summed E-state index contributed by atoms with van der Waals surface area (Å²) in [5.41, 5.74) is 5.72. The van der Waals surface area contributed by atoms with Gasteiger partial charge in [0.15, 0.2) is 0 Å². The number of nitrogens with two attached hydrogens (primary N) is 1. The van der Waals surface area contributed by atoms with Gasteiger partial charge in [-0.25, -0.2) is 8.78 Å². The first-order chi connectivity index (χ1) is 10.0. The predicted octanol–water partition coefficient (Wildman–Crippen LogP) is 3.88. The Kier molecular flexibility index (Phi) is 4.24. The standard InChI is InChI=1S/C15H12F2N2O2/c1-20-11-4-9(8-18)5-12(7-11)21-14-3-2-10(19)6-13(14)15(16)17/h2-7,15H,19H2,1H3. The molecule has 2 aromatic rings. The first-order valence-electron chi connectivity index (χ1n) is 5.98. The quantitative estimate of drug-likeness (QED) is 0.868. The molecule has 0 aromatic heterocycles. The van der Waals surface area contributed by atoms with E-state index in [0.29, 0.717) is 11.3 Å². The summed E-state index contributed by atoms with van der Waals surface area (Å²) in [6.07, 6.45) is -2.72. The molecule has 0 aliphatic carbocycles. The summed E-state index contributed by atoms with van der Waals surface area (Å²) < 4.78 is 36.5. The van der Waals surface area contributed by atoms with Gasteiger partial charge in [-0.05, 0) is 30.3 Å². The number of alkyl halides is 2. The number of anilines is 1. The molecule has 0 spiro atoms. The second kappa shape index (κ2) is 6.09. The number of ether oxygens (including phenoxy) is 2. The summed E-state index contributed by atoms with van der Waals surface area (Å²) >= 11 is 0. The molecule has 0 fully saturated rings. The number of nitrogen functional groups attached to an aromatic ring is 1. The van der Waals surface area contributed by atoms with E-state index in [1.807, 2.05) is 6.07 Å². The normalized spacial score (nSPS) is 10.2. The van der Waals surface area contributed by atoms with Gasteiger partial charge in [0.1, 0.15) is 17.2 Å². The number of halogens is 2. The van der Waals surface area contributed by atoms with E-state index < -0.39 is 6.43 Å². The first-order valence-corrected chi connectivity index (χ1v) is 5.98. The van der Waals surface area contributed by atoms with E-state index in [1.54, 1.807) is 0 Å². The van der Waals surface area contributed by atoms with Gasteiger partial charge in [-0.3, -0.25) is 0 Å². The molecule has 2 N–H and O–H groups in total. The molecule has 0 saturated heterocycles. The first kappa shape index (κ1) is 14.6. The Hall–Kier alpha value is -2.81. The van der Waals surface area contributed by atoms with E-state index in [9.17, 15) is 8.78 Å². The van der Waals surface area contributed by atoms with Crippen LogP contribution in [0.3, 0.4) is 0 Å². The van der Waals surface area contributed by atoms with Crippen molar-refractivity contribution in [2.75, 3.05) is 12.8 Å². The Morgan fingerprint density at radius 1 is 1.14 bits per heavy atom. The predicted molar refractivity (Wildman–Crippen MR) is 73.6 cm³/mol. The molecule has 6 heteroatoms. The molecule has 0 radical (unpaired) electrons. The summed E-state index contributed by atoms with van der Waals surface area (Å²) in [6.45, 7) is 0. The van der Waals surface area contributed by atoms with Crippen molar-refractivity contribution in [3.8, 4) is 23.3 Å². The fraction of sp³-hybridized carbons (Fsp3) is 0.133. The molecular weight excluding hydrogens is 278 g/mol. The van der Waals surface area contributed by atoms with Crippen LogP contribution in [-0.4, -0.2) is 7.11 Å². The van der Waals surface area contributed by atoms with Gasteiger partial charge in [0.25, 0.3) is 6.43 Å². The highest BCUT2D eigenvalue weighted by Gasteiger charge is 2.15. The number of benzene rings is 2. The van der Waals surface area contributed by atoms with E-state index in [0.717, 1.165) is 6.07 Å². The van der Waals surface area contributed by atoms with Crippen molar-refractivity contribution in [2.24, 2.45) is 0 Å². The number of hydrogen-bond acceptors (Lipinski definition) is 4. The average Bonchev–Trinajstić information content (AvgIpc) is 2.48. The van der Waals surface area contributed by atoms with E-state index in [1.165, 1.54) is 37.4 Å². The summed E-state index contributed by atoms with van der Waals surface area (Å²) in [6, 6.07) is 10.4. The topological polar surface area (TPSA) is 68.3 Å². The van der Waals surface area contributed by atoms with Crippen LogP contribution in [0.5, 0.6) is 17.2 Å². The van der Waals surface area contributed by atoms with Crippen LogP contribution in [0.1, 0.15) is 17.6 Å². The third-order valence-electron chi connectivity index (χ3n) is 2.74. The Morgan fingerprint density at radius 3 is 2.48 bits per heavy atom. The highest BCUT2D eigenvalue weighted by Crippen LogP contribution is 2.35. The monoisotopic (exact) mass is 290 g/mol. The fourth-order valence-corrected chi connectivity index (χ4v) is 1.77. The third kappa shape index (κ3) is 3.39. The van der Waals surface area contributed by atoms with Crippen LogP contribution < -0.4 is 15.2 Å². The van der Waals surface area contributed by atoms with E-state index in [2.05, 4.69) is 0 Å². The molecule has 2 aromatic carbocycles. The molecule has 4 nitrogen and oxygen atoms in total. The van der Waals surface area contributed by atoms with Gasteiger partial charge in [0.2, 0.25) is 0 Å². The molecule has 0 saturated carbocycles. The zero-order chi connectivity index (χ0) is 15.4. The largest absolute Gasteiger partial charge is 0.497 e. The third-order valence-corrected chi connectivity index (χ3v) is 2.74. The second-order valence-corrected chi connectivity index (χ2v) is 4.21. The van der Waals surface area contributed by atoms with Crippen LogP contribution in [0.2, 0.25) is 0 Å². The molecule has 2 rings (SSSR count). The lowest BCUT2D eigenvalue weighted by molar-refractivity contribution is 0.148. The zero-order valence-corrected chi connectivity index (χ0v) is 11.1. The average molecular weight is 290 g/mol. The van der Waals surface area contributed by atoms with Crippen LogP contribution in [0.15, 0.2) is 36.4 Å². The maximum absolute atomic E-state index is 13.0. The molecule has 21 heavy (non-hydrogen) atoms. The maximum Gasteiger partial charge on any atom is 0.267 e. The maximum atomic E-state index is 13.0. The Morgan fingerprint density at radius 2 is 1.86 bits per heavy atom. The molecule has 0 heterocycles. The summed E-state index contributed by atoms with van der Waals surface area (Å²) in [5, 5.41) is 8.93. The molecule has 0 amide bonds. The van der Waals surface area contributed by atoms with Crippen LogP contribution in [0.4, 0.5) is 14.5 Å². The van der Waals surface area contributed by atoms with Crippen LogP contribution >= 0.6 is 0 Å². The van der Waals surface area contributed by atoms with Crippen molar-refractivity contribution in [2.45, 2.75) is 6.43 Å². The van der Waals surface area contributed by atoms with Gasteiger partial charge in [-0.15, -0.1) is 0 Å². The fourth-order valence-electron chi connectivity index (χ4n) is 1.77. The molecule has 0 atom stereocenters. The van der Waals surface area contributed by atoms with Crippen molar-refractivity contribution in [1.82, 2.24) is 0 Å². The lowest BCUT2D eigenvalue weighted by Crippen LogP contribution is -1.96. The Balaban J connectivity index is 2.41. The molecule has 0 aliphatic rings. The summed E-state index contributed by atoms with van der Waals surface area (Å²) in [7, 11) is 1.44. The summed E-state index contributed by atoms with van der Waals surface area (Å²) in [5.74, 6) is 0.618. The SMILES string of the molecule is COc1cc(C#N)cc(Oc2ccc(N)cc2C(F)F)c1. The van der Waals surface area contributed by atoms with Crippen molar-refractivity contribution in [1.29, 1.82) is 5.26 Å². The number of nitriles is 1. The van der Waals surface area contributed by atoms with Gasteiger partial charge < -0.3 is 15.2 Å². The lowest BCUT2D eigenvalue weighted by atomic mass is 10.1. The van der Waals surface area contributed by atoms with E-state index >= 15 is 0 Å². The van der Waals surface area contributed by atoms with Gasteiger partial charge in [0.05, 0.1) is 24.3 Å². The molecular formula is C15H12F2N2O2. The van der Waals surface area contributed by atoms with Gasteiger partial charge in [-0.1, -0.05) is 0 Å². The zero-order valence-electron chi connectivity index (χ0n) is 11.1. The number of nitrogens with zero attached hydrogens (tertiary/aromatic N) is 1. The van der Waals surface area contributed by atoms with Crippen LogP contribution in [-0.2, 0) is 0 Å². The van der Waals surface area contributed by atoms with Gasteiger partial charge in [-0.2, -0.15) is 5.26 Å². The molecule has 0 bridgehead atoms. The molecule has 0 unspecified atom stereocenters. The Labute approximate surface area is 120 Å².